The van der Waals surface area contributed by atoms with Crippen molar-refractivity contribution in [2.45, 2.75) is 51.4 Å². The van der Waals surface area contributed by atoms with Crippen molar-refractivity contribution < 1.29 is 19.4 Å². The van der Waals surface area contributed by atoms with Gasteiger partial charge < -0.3 is 19.5 Å². The monoisotopic (exact) mass is 257 g/mol. The summed E-state index contributed by atoms with van der Waals surface area (Å²) in [5.41, 5.74) is 0.0833. The molecule has 1 spiro atoms. The zero-order valence-corrected chi connectivity index (χ0v) is 11.4. The van der Waals surface area contributed by atoms with Gasteiger partial charge in [-0.3, -0.25) is 0 Å². The lowest BCUT2D eigenvalue weighted by atomic mass is 9.86. The normalized spacial score (nSPS) is 27.1. The quantitative estimate of drug-likeness (QED) is 0.783. The Morgan fingerprint density at radius 2 is 1.72 bits per heavy atom. The second kappa shape index (κ2) is 4.70. The molecule has 0 unspecified atom stereocenters. The predicted octanol–water partition coefficient (Wildman–Crippen LogP) is 2.31. The van der Waals surface area contributed by atoms with Gasteiger partial charge in [0.2, 0.25) is 0 Å². The van der Waals surface area contributed by atoms with Crippen molar-refractivity contribution in [3.05, 3.63) is 0 Å². The third kappa shape index (κ3) is 2.78. The van der Waals surface area contributed by atoms with Gasteiger partial charge in [-0.1, -0.05) is 13.8 Å². The molecule has 0 bridgehead atoms. The number of hydrogen-bond donors (Lipinski definition) is 1. The van der Waals surface area contributed by atoms with Gasteiger partial charge >= 0.3 is 6.09 Å². The zero-order valence-electron chi connectivity index (χ0n) is 11.4. The lowest BCUT2D eigenvalue weighted by molar-refractivity contribution is -0.312. The Morgan fingerprint density at radius 3 is 2.17 bits per heavy atom. The average Bonchev–Trinajstić information content (AvgIpc) is 2.34. The van der Waals surface area contributed by atoms with E-state index in [-0.39, 0.29) is 11.5 Å². The first-order valence-electron chi connectivity index (χ1n) is 6.57. The van der Waals surface area contributed by atoms with Gasteiger partial charge in [-0.2, -0.15) is 0 Å². The fourth-order valence-electron chi connectivity index (χ4n) is 2.61. The highest BCUT2D eigenvalue weighted by atomic mass is 16.7. The highest BCUT2D eigenvalue weighted by Crippen LogP contribution is 2.40. The molecule has 104 valence electrons. The second-order valence-corrected chi connectivity index (χ2v) is 6.28. The molecular formula is C13H23NO4. The number of carboxylic acid groups (broad SMARTS) is 1. The minimum Gasteiger partial charge on any atom is -0.465 e. The molecule has 1 amide bonds. The third-order valence-electron chi connectivity index (χ3n) is 4.02. The first-order valence-corrected chi connectivity index (χ1v) is 6.57. The van der Waals surface area contributed by atoms with Crippen LogP contribution >= 0.6 is 0 Å². The smallest absolute Gasteiger partial charge is 0.407 e. The van der Waals surface area contributed by atoms with Crippen LogP contribution in [0.3, 0.4) is 0 Å². The van der Waals surface area contributed by atoms with E-state index in [2.05, 4.69) is 13.8 Å². The highest BCUT2D eigenvalue weighted by molar-refractivity contribution is 5.64. The van der Waals surface area contributed by atoms with Gasteiger partial charge in [-0.25, -0.2) is 4.79 Å². The van der Waals surface area contributed by atoms with Crippen LogP contribution in [0.2, 0.25) is 0 Å². The number of hydrogen-bond acceptors (Lipinski definition) is 3. The lowest BCUT2D eigenvalue weighted by Gasteiger charge is -2.47. The predicted molar refractivity (Wildman–Crippen MR) is 66.5 cm³/mol. The molecule has 1 aliphatic carbocycles. The Kier molecular flexibility index (Phi) is 3.56. The van der Waals surface area contributed by atoms with Crippen LogP contribution in [0.15, 0.2) is 0 Å². The van der Waals surface area contributed by atoms with Crippen LogP contribution in [-0.2, 0) is 9.47 Å². The van der Waals surface area contributed by atoms with Gasteiger partial charge in [0.1, 0.15) is 0 Å². The summed E-state index contributed by atoms with van der Waals surface area (Å²) in [4.78, 5) is 12.3. The maximum absolute atomic E-state index is 10.9. The molecule has 18 heavy (non-hydrogen) atoms. The summed E-state index contributed by atoms with van der Waals surface area (Å²) < 4.78 is 11.8. The summed E-state index contributed by atoms with van der Waals surface area (Å²) in [6, 6.07) is 0.0928. The van der Waals surface area contributed by atoms with E-state index in [1.807, 2.05) is 0 Å². The van der Waals surface area contributed by atoms with Crippen LogP contribution in [0.25, 0.3) is 0 Å². The van der Waals surface area contributed by atoms with Crippen molar-refractivity contribution in [1.29, 1.82) is 0 Å². The second-order valence-electron chi connectivity index (χ2n) is 6.28. The maximum atomic E-state index is 10.9. The number of nitrogens with zero attached hydrogens (tertiary/aromatic N) is 1. The van der Waals surface area contributed by atoms with Crippen molar-refractivity contribution in [1.82, 2.24) is 4.90 Å². The van der Waals surface area contributed by atoms with Gasteiger partial charge in [0.25, 0.3) is 0 Å². The Balaban J connectivity index is 1.89. The standard InChI is InChI=1S/C13H23NO4/c1-12(2)8-17-13(18-9-12)6-4-10(5-7-13)14(3)11(15)16/h10H,4-9H2,1-3H3,(H,15,16). The molecule has 1 N–H and O–H groups in total. The topological polar surface area (TPSA) is 59.0 Å². The van der Waals surface area contributed by atoms with E-state index in [0.717, 1.165) is 25.7 Å². The summed E-state index contributed by atoms with van der Waals surface area (Å²) >= 11 is 0. The van der Waals surface area contributed by atoms with Crippen LogP contribution < -0.4 is 0 Å². The molecule has 0 atom stereocenters. The molecule has 2 aliphatic rings. The molecule has 0 aromatic heterocycles. The summed E-state index contributed by atoms with van der Waals surface area (Å²) in [6.07, 6.45) is 2.32. The molecule has 0 aromatic carbocycles. The Morgan fingerprint density at radius 1 is 1.22 bits per heavy atom. The molecular weight excluding hydrogens is 234 g/mol. The first kappa shape index (κ1) is 13.6. The first-order chi connectivity index (χ1) is 8.34. The lowest BCUT2D eigenvalue weighted by Crippen LogP contribution is -2.52. The largest absolute Gasteiger partial charge is 0.465 e. The van der Waals surface area contributed by atoms with Crippen LogP contribution in [0, 0.1) is 5.41 Å². The zero-order chi connectivity index (χ0) is 13.4. The number of ether oxygens (including phenoxy) is 2. The third-order valence-corrected chi connectivity index (χ3v) is 4.02. The molecule has 2 rings (SSSR count). The molecule has 1 aliphatic heterocycles. The maximum Gasteiger partial charge on any atom is 0.407 e. The van der Waals surface area contributed by atoms with E-state index in [0.29, 0.717) is 13.2 Å². The minimum absolute atomic E-state index is 0.0833. The molecule has 1 saturated carbocycles. The van der Waals surface area contributed by atoms with Gasteiger partial charge in [-0.15, -0.1) is 0 Å². The number of rotatable bonds is 1. The van der Waals surface area contributed by atoms with E-state index in [4.69, 9.17) is 14.6 Å². The number of amides is 1. The van der Waals surface area contributed by atoms with Gasteiger partial charge in [0, 0.05) is 31.3 Å². The van der Waals surface area contributed by atoms with Crippen LogP contribution in [-0.4, -0.2) is 48.2 Å². The summed E-state index contributed by atoms with van der Waals surface area (Å²) in [6.45, 7) is 5.69. The minimum atomic E-state index is -0.859. The van der Waals surface area contributed by atoms with Crippen molar-refractivity contribution in [2.24, 2.45) is 5.41 Å². The van der Waals surface area contributed by atoms with Crippen molar-refractivity contribution in [3.8, 4) is 0 Å². The van der Waals surface area contributed by atoms with Gasteiger partial charge in [-0.05, 0) is 12.8 Å². The molecule has 1 heterocycles. The fourth-order valence-corrected chi connectivity index (χ4v) is 2.61. The number of carbonyl (C=O) groups is 1. The van der Waals surface area contributed by atoms with E-state index in [1.54, 1.807) is 7.05 Å². The van der Waals surface area contributed by atoms with Crippen LogP contribution in [0.1, 0.15) is 39.5 Å². The Hall–Kier alpha value is -0.810. The van der Waals surface area contributed by atoms with E-state index < -0.39 is 11.9 Å². The molecule has 5 nitrogen and oxygen atoms in total. The van der Waals surface area contributed by atoms with E-state index in [1.165, 1.54) is 4.90 Å². The highest BCUT2D eigenvalue weighted by Gasteiger charge is 2.44. The van der Waals surface area contributed by atoms with Gasteiger partial charge in [0.05, 0.1) is 13.2 Å². The van der Waals surface area contributed by atoms with Crippen LogP contribution in [0.5, 0.6) is 0 Å². The summed E-state index contributed by atoms with van der Waals surface area (Å²) in [5.74, 6) is -0.453. The van der Waals surface area contributed by atoms with Gasteiger partial charge in [0.15, 0.2) is 5.79 Å². The molecule has 0 radical (unpaired) electrons. The average molecular weight is 257 g/mol. The van der Waals surface area contributed by atoms with Crippen LogP contribution in [0.4, 0.5) is 4.79 Å². The molecule has 0 aromatic rings. The summed E-state index contributed by atoms with van der Waals surface area (Å²) in [5, 5.41) is 8.97. The Labute approximate surface area is 108 Å². The Bertz CT molecular complexity index is 309. The van der Waals surface area contributed by atoms with E-state index >= 15 is 0 Å². The van der Waals surface area contributed by atoms with E-state index in [9.17, 15) is 4.79 Å². The van der Waals surface area contributed by atoms with Crippen molar-refractivity contribution >= 4 is 6.09 Å². The van der Waals surface area contributed by atoms with Crippen molar-refractivity contribution in [3.63, 3.8) is 0 Å². The molecule has 5 heteroatoms. The summed E-state index contributed by atoms with van der Waals surface area (Å²) in [7, 11) is 1.64. The molecule has 2 fully saturated rings. The fraction of sp³-hybridized carbons (Fsp3) is 0.923. The molecule has 1 saturated heterocycles. The SMILES string of the molecule is CN(C(=O)O)C1CCC2(CC1)OCC(C)(C)CO2. The van der Waals surface area contributed by atoms with Crippen molar-refractivity contribution in [2.75, 3.05) is 20.3 Å².